The maximum Gasteiger partial charge on any atom is 0.305 e. The lowest BCUT2D eigenvalue weighted by Crippen LogP contribution is -2.63. The summed E-state index contributed by atoms with van der Waals surface area (Å²) in [7, 11) is 1.20. The van der Waals surface area contributed by atoms with Crippen LogP contribution in [0.4, 0.5) is 0 Å². The molecule has 2 saturated heterocycles. The first-order chi connectivity index (χ1) is 23.1. The Labute approximate surface area is 277 Å². The van der Waals surface area contributed by atoms with Gasteiger partial charge in [-0.1, -0.05) is 65.8 Å². The van der Waals surface area contributed by atoms with Crippen LogP contribution in [0.2, 0.25) is 0 Å². The lowest BCUT2D eigenvalue weighted by atomic mass is 9.95. The summed E-state index contributed by atoms with van der Waals surface area (Å²) < 4.78 is 35.3. The molecule has 0 spiro atoms. The number of nitrogens with two attached hydrogens (primary N) is 1. The van der Waals surface area contributed by atoms with Crippen molar-refractivity contribution in [3.8, 4) is 0 Å². The van der Waals surface area contributed by atoms with Gasteiger partial charge < -0.3 is 44.8 Å². The molecular formula is C32H40N6O10. The molecule has 2 aromatic rings. The first-order valence-corrected chi connectivity index (χ1v) is 15.4. The molecule has 0 bridgehead atoms. The molecule has 0 aliphatic carbocycles. The van der Waals surface area contributed by atoms with E-state index in [1.807, 2.05) is 60.7 Å². The van der Waals surface area contributed by atoms with Gasteiger partial charge in [0, 0.05) is 16.9 Å². The molecule has 4 rings (SSSR count). The molecule has 48 heavy (non-hydrogen) atoms. The number of azide groups is 1. The fourth-order valence-corrected chi connectivity index (χ4v) is 5.21. The van der Waals surface area contributed by atoms with Crippen LogP contribution in [0.3, 0.4) is 0 Å². The zero-order chi connectivity index (χ0) is 34.6. The number of hydrogen-bond acceptors (Lipinski definition) is 11. The Bertz CT molecular complexity index is 1440. The van der Waals surface area contributed by atoms with E-state index in [1.54, 1.807) is 0 Å². The van der Waals surface area contributed by atoms with E-state index in [9.17, 15) is 24.7 Å². The third-order valence-electron chi connectivity index (χ3n) is 7.83. The topological polar surface area (TPSA) is 222 Å². The van der Waals surface area contributed by atoms with Crippen molar-refractivity contribution in [1.29, 1.82) is 0 Å². The van der Waals surface area contributed by atoms with E-state index >= 15 is 0 Å². The highest BCUT2D eigenvalue weighted by Crippen LogP contribution is 2.37. The maximum absolute atomic E-state index is 13.3. The molecule has 2 fully saturated rings. The number of primary amides is 1. The van der Waals surface area contributed by atoms with Crippen LogP contribution in [0.25, 0.3) is 10.4 Å². The molecule has 2 aromatic carbocycles. The number of esters is 1. The molecule has 0 unspecified atom stereocenters. The minimum Gasteiger partial charge on any atom is -0.469 e. The zero-order valence-electron chi connectivity index (χ0n) is 26.8. The molecule has 0 aromatic heterocycles. The van der Waals surface area contributed by atoms with Gasteiger partial charge in [-0.25, -0.2) is 0 Å². The van der Waals surface area contributed by atoms with E-state index in [1.165, 1.54) is 21.0 Å². The number of methoxy groups -OCH3 is 1. The zero-order valence-corrected chi connectivity index (χ0v) is 26.8. The van der Waals surface area contributed by atoms with Crippen LogP contribution >= 0.6 is 0 Å². The average molecular weight is 669 g/mol. The lowest BCUT2D eigenvalue weighted by molar-refractivity contribution is -0.349. The first kappa shape index (κ1) is 36.3. The van der Waals surface area contributed by atoms with Crippen molar-refractivity contribution in [2.24, 2.45) is 10.8 Å². The predicted octanol–water partition coefficient (Wildman–Crippen LogP) is 1.92. The molecule has 0 radical (unpaired) electrons. The van der Waals surface area contributed by atoms with Gasteiger partial charge in [-0.15, -0.1) is 0 Å². The Morgan fingerprint density at radius 3 is 2.35 bits per heavy atom. The molecule has 16 nitrogen and oxygen atoms in total. The van der Waals surface area contributed by atoms with Crippen molar-refractivity contribution in [3.05, 3.63) is 82.2 Å². The van der Waals surface area contributed by atoms with Crippen molar-refractivity contribution in [2.75, 3.05) is 13.7 Å². The van der Waals surface area contributed by atoms with Crippen molar-refractivity contribution in [3.63, 3.8) is 0 Å². The van der Waals surface area contributed by atoms with Gasteiger partial charge in [0.15, 0.2) is 12.6 Å². The van der Waals surface area contributed by atoms with Gasteiger partial charge in [-0.05, 0) is 31.4 Å². The van der Waals surface area contributed by atoms with E-state index < -0.39 is 78.8 Å². The summed E-state index contributed by atoms with van der Waals surface area (Å²) in [5.41, 5.74) is 16.5. The number of rotatable bonds is 15. The summed E-state index contributed by atoms with van der Waals surface area (Å²) in [5.74, 6) is -2.82. The summed E-state index contributed by atoms with van der Waals surface area (Å²) in [5, 5.41) is 8.93. The Balaban J connectivity index is 1.48. The van der Waals surface area contributed by atoms with Crippen LogP contribution < -0.4 is 16.4 Å². The summed E-state index contributed by atoms with van der Waals surface area (Å²) in [6.45, 7) is 3.10. The van der Waals surface area contributed by atoms with Crippen molar-refractivity contribution in [1.82, 2.24) is 10.6 Å². The predicted molar refractivity (Wildman–Crippen MR) is 167 cm³/mol. The molecule has 2 aliphatic heterocycles. The largest absolute Gasteiger partial charge is 0.469 e. The van der Waals surface area contributed by atoms with Gasteiger partial charge in [-0.3, -0.25) is 19.2 Å². The quantitative estimate of drug-likeness (QED) is 0.108. The molecule has 258 valence electrons. The number of fused-ring (bicyclic) bond motifs is 1. The van der Waals surface area contributed by atoms with Crippen LogP contribution in [0, 0.1) is 0 Å². The molecule has 2 aliphatic rings. The Morgan fingerprint density at radius 1 is 1.02 bits per heavy atom. The molecule has 4 N–H and O–H groups in total. The van der Waals surface area contributed by atoms with Gasteiger partial charge in [0.25, 0.3) is 0 Å². The standard InChI is InChI=1S/C32H40N6O10/c1-18(29(41)36-22(28(33)40)14-15-24(39)43-3)35-30(42)19(2)46-27-25(37-38-34)32(44-16-20-10-6-4-7-11-20)47-23-17-45-31(48-26(23)27)21-12-8-5-9-13-21/h4-13,18-19,22-23,25-27,31-32H,14-17H2,1-3H3,(H2,33,40)(H,35,42)(H,36,41)/t18-,19+,22+,23+,25+,26+,27+,31-,32-/m0/s1. The fourth-order valence-electron chi connectivity index (χ4n) is 5.21. The molecular weight excluding hydrogens is 628 g/mol. The van der Waals surface area contributed by atoms with Crippen molar-refractivity contribution in [2.45, 2.75) is 88.4 Å². The molecule has 3 amide bonds. The normalized spacial score (nSPS) is 25.2. The second-order valence-corrected chi connectivity index (χ2v) is 11.3. The summed E-state index contributed by atoms with van der Waals surface area (Å²) >= 11 is 0. The lowest BCUT2D eigenvalue weighted by Gasteiger charge is -2.48. The third-order valence-corrected chi connectivity index (χ3v) is 7.83. The summed E-state index contributed by atoms with van der Waals surface area (Å²) in [6.07, 6.45) is -5.90. The van der Waals surface area contributed by atoms with Gasteiger partial charge in [0.05, 0.1) is 20.3 Å². The summed E-state index contributed by atoms with van der Waals surface area (Å²) in [4.78, 5) is 52.5. The van der Waals surface area contributed by atoms with E-state index in [4.69, 9.17) is 29.4 Å². The van der Waals surface area contributed by atoms with Gasteiger partial charge in [0.1, 0.15) is 42.5 Å². The highest BCUT2D eigenvalue weighted by Gasteiger charge is 2.52. The average Bonchev–Trinajstić information content (AvgIpc) is 3.10. The summed E-state index contributed by atoms with van der Waals surface area (Å²) in [6, 6.07) is 15.2. The first-order valence-electron chi connectivity index (χ1n) is 15.4. The second kappa shape index (κ2) is 17.5. The maximum atomic E-state index is 13.3. The minimum atomic E-state index is -1.19. The number of ether oxygens (including phenoxy) is 6. The van der Waals surface area contributed by atoms with E-state index in [-0.39, 0.29) is 26.1 Å². The number of amides is 3. The molecule has 0 saturated carbocycles. The number of nitrogens with zero attached hydrogens (tertiary/aromatic N) is 3. The second-order valence-electron chi connectivity index (χ2n) is 11.3. The highest BCUT2D eigenvalue weighted by atomic mass is 16.8. The molecule has 9 atom stereocenters. The van der Waals surface area contributed by atoms with Crippen LogP contribution in [0.15, 0.2) is 65.8 Å². The van der Waals surface area contributed by atoms with E-state index in [0.29, 0.717) is 0 Å². The third kappa shape index (κ3) is 9.73. The Kier molecular flexibility index (Phi) is 13.3. The molecule has 16 heteroatoms. The van der Waals surface area contributed by atoms with Crippen molar-refractivity contribution < 1.29 is 47.6 Å². The van der Waals surface area contributed by atoms with Crippen LogP contribution in [-0.2, 0) is 54.2 Å². The molecule has 2 heterocycles. The van der Waals surface area contributed by atoms with E-state index in [0.717, 1.165) is 11.1 Å². The number of carbonyl (C=O) groups excluding carboxylic acids is 4. The van der Waals surface area contributed by atoms with Crippen LogP contribution in [-0.4, -0.2) is 86.2 Å². The van der Waals surface area contributed by atoms with Gasteiger partial charge >= 0.3 is 5.97 Å². The minimum absolute atomic E-state index is 0.0811. The van der Waals surface area contributed by atoms with E-state index in [2.05, 4.69) is 25.4 Å². The van der Waals surface area contributed by atoms with Gasteiger partial charge in [0.2, 0.25) is 17.7 Å². The van der Waals surface area contributed by atoms with Crippen LogP contribution in [0.5, 0.6) is 0 Å². The number of carbonyl (C=O) groups is 4. The van der Waals surface area contributed by atoms with Crippen molar-refractivity contribution >= 4 is 23.7 Å². The number of benzene rings is 2. The Hall–Kier alpha value is -4.57. The number of hydrogen-bond donors (Lipinski definition) is 3. The highest BCUT2D eigenvalue weighted by molar-refractivity contribution is 5.92. The fraction of sp³-hybridized carbons (Fsp3) is 0.500. The monoisotopic (exact) mass is 668 g/mol. The Morgan fingerprint density at radius 2 is 1.71 bits per heavy atom. The van der Waals surface area contributed by atoms with Crippen LogP contribution in [0.1, 0.15) is 44.1 Å². The SMILES string of the molecule is COC(=O)CC[C@@H](NC(=O)[C@H](C)NC(=O)[C@@H](C)O[C@@H]1[C@@H](N=[N+]=[N-])[C@@H](OCc2ccccc2)O[C@@H]2CO[C@H](c3ccccc3)O[C@@H]12)C(N)=O. The van der Waals surface area contributed by atoms with Gasteiger partial charge in [-0.2, -0.15) is 0 Å². The number of nitrogens with one attached hydrogen (secondary N) is 2. The smallest absolute Gasteiger partial charge is 0.305 e.